The Kier molecular flexibility index (Phi) is 5.50. The molecule has 0 radical (unpaired) electrons. The third kappa shape index (κ3) is 4.00. The van der Waals surface area contributed by atoms with Gasteiger partial charge in [0.25, 0.3) is 5.56 Å². The van der Waals surface area contributed by atoms with Crippen molar-refractivity contribution < 1.29 is 14.3 Å². The summed E-state index contributed by atoms with van der Waals surface area (Å²) < 4.78 is 12.2. The van der Waals surface area contributed by atoms with Crippen LogP contribution in [0.5, 0.6) is 5.75 Å². The Morgan fingerprint density at radius 2 is 2.12 bits per heavy atom. The molecule has 0 saturated carbocycles. The van der Waals surface area contributed by atoms with Gasteiger partial charge in [-0.15, -0.1) is 11.3 Å². The number of nitrogens with zero attached hydrogens (tertiary/aromatic N) is 2. The van der Waals surface area contributed by atoms with Crippen LogP contribution in [0.4, 0.5) is 0 Å². The molecule has 0 aliphatic heterocycles. The van der Waals surface area contributed by atoms with E-state index in [9.17, 15) is 9.59 Å². The molecule has 26 heavy (non-hydrogen) atoms. The molecule has 0 fully saturated rings. The normalized spacial score (nSPS) is 12.2. The molecule has 3 aromatic rings. The number of aromatic nitrogens is 2. The van der Waals surface area contributed by atoms with Crippen LogP contribution in [0.2, 0.25) is 10.0 Å². The number of carbonyl (C=O) groups is 1. The van der Waals surface area contributed by atoms with Crippen LogP contribution in [0.1, 0.15) is 18.3 Å². The van der Waals surface area contributed by atoms with Crippen molar-refractivity contribution in [3.05, 3.63) is 61.4 Å². The molecule has 2 aromatic heterocycles. The molecule has 0 amide bonds. The van der Waals surface area contributed by atoms with E-state index in [1.54, 1.807) is 19.1 Å². The minimum atomic E-state index is -0.887. The van der Waals surface area contributed by atoms with Crippen LogP contribution in [0.25, 0.3) is 4.96 Å². The van der Waals surface area contributed by atoms with Crippen LogP contribution >= 0.6 is 34.5 Å². The highest BCUT2D eigenvalue weighted by molar-refractivity contribution is 7.15. The topological polar surface area (TPSA) is 69.9 Å². The molecule has 0 bridgehead atoms. The summed E-state index contributed by atoms with van der Waals surface area (Å²) in [5, 5.41) is 2.60. The van der Waals surface area contributed by atoms with Crippen molar-refractivity contribution in [1.29, 1.82) is 0 Å². The van der Waals surface area contributed by atoms with Gasteiger partial charge in [0.05, 0.1) is 10.7 Å². The zero-order chi connectivity index (χ0) is 18.8. The maximum atomic E-state index is 12.1. The molecule has 0 saturated heterocycles. The van der Waals surface area contributed by atoms with Crippen molar-refractivity contribution in [2.45, 2.75) is 26.6 Å². The van der Waals surface area contributed by atoms with Gasteiger partial charge in [0.1, 0.15) is 12.4 Å². The van der Waals surface area contributed by atoms with Crippen molar-refractivity contribution >= 4 is 45.5 Å². The molecule has 136 valence electrons. The zero-order valence-electron chi connectivity index (χ0n) is 13.9. The number of fused-ring (bicyclic) bond motifs is 1. The maximum Gasteiger partial charge on any atom is 0.347 e. The highest BCUT2D eigenvalue weighted by Crippen LogP contribution is 2.28. The molecule has 9 heteroatoms. The molecule has 0 spiro atoms. The summed E-state index contributed by atoms with van der Waals surface area (Å²) in [4.78, 5) is 29.1. The zero-order valence-corrected chi connectivity index (χ0v) is 16.2. The molecule has 2 heterocycles. The molecule has 1 aromatic carbocycles. The van der Waals surface area contributed by atoms with Gasteiger partial charge in [0, 0.05) is 22.2 Å². The molecule has 0 aliphatic carbocycles. The van der Waals surface area contributed by atoms with Gasteiger partial charge >= 0.3 is 5.97 Å². The van der Waals surface area contributed by atoms with Crippen LogP contribution in [-0.4, -0.2) is 21.5 Å². The average Bonchev–Trinajstić information content (AvgIpc) is 2.96. The summed E-state index contributed by atoms with van der Waals surface area (Å²) in [5.41, 5.74) is 0.979. The molecule has 3 rings (SSSR count). The van der Waals surface area contributed by atoms with Crippen molar-refractivity contribution in [3.63, 3.8) is 0 Å². The first kappa shape index (κ1) is 18.7. The SMILES string of the molecule is Cc1csc2nc(COC(=O)[C@@H](C)Oc3ccc(Cl)cc3Cl)cc(=O)n12. The fourth-order valence-electron chi connectivity index (χ4n) is 2.25. The van der Waals surface area contributed by atoms with Gasteiger partial charge in [0.15, 0.2) is 11.1 Å². The second kappa shape index (κ2) is 7.65. The minimum Gasteiger partial charge on any atom is -0.477 e. The van der Waals surface area contributed by atoms with Crippen molar-refractivity contribution in [3.8, 4) is 5.75 Å². The Morgan fingerprint density at radius 1 is 1.35 bits per heavy atom. The molecule has 0 unspecified atom stereocenters. The lowest BCUT2D eigenvalue weighted by atomic mass is 10.3. The smallest absolute Gasteiger partial charge is 0.347 e. The van der Waals surface area contributed by atoms with E-state index >= 15 is 0 Å². The summed E-state index contributed by atoms with van der Waals surface area (Å²) in [5.74, 6) is -0.271. The van der Waals surface area contributed by atoms with E-state index < -0.39 is 12.1 Å². The van der Waals surface area contributed by atoms with Gasteiger partial charge < -0.3 is 9.47 Å². The highest BCUT2D eigenvalue weighted by Gasteiger charge is 2.18. The Bertz CT molecular complexity index is 1030. The van der Waals surface area contributed by atoms with Crippen LogP contribution in [0.3, 0.4) is 0 Å². The summed E-state index contributed by atoms with van der Waals surface area (Å²) >= 11 is 13.2. The quantitative estimate of drug-likeness (QED) is 0.594. The summed E-state index contributed by atoms with van der Waals surface area (Å²) in [7, 11) is 0. The number of benzene rings is 1. The molecular weight excluding hydrogens is 399 g/mol. The van der Waals surface area contributed by atoms with Crippen molar-refractivity contribution in [1.82, 2.24) is 9.38 Å². The van der Waals surface area contributed by atoms with Gasteiger partial charge in [-0.3, -0.25) is 9.20 Å². The van der Waals surface area contributed by atoms with Crippen LogP contribution < -0.4 is 10.3 Å². The van der Waals surface area contributed by atoms with E-state index in [0.29, 0.717) is 26.4 Å². The van der Waals surface area contributed by atoms with Gasteiger partial charge in [-0.25, -0.2) is 9.78 Å². The third-order valence-electron chi connectivity index (χ3n) is 3.52. The molecule has 0 N–H and O–H groups in total. The molecule has 6 nitrogen and oxygen atoms in total. The van der Waals surface area contributed by atoms with Crippen LogP contribution in [0.15, 0.2) is 34.4 Å². The Labute approximate surface area is 162 Å². The van der Waals surface area contributed by atoms with Gasteiger partial charge in [-0.05, 0) is 32.0 Å². The second-order valence-corrected chi connectivity index (χ2v) is 7.20. The number of carbonyl (C=O) groups excluding carboxylic acids is 1. The maximum absolute atomic E-state index is 12.1. The van der Waals surface area contributed by atoms with E-state index in [1.165, 1.54) is 27.9 Å². The Balaban J connectivity index is 1.65. The first-order valence-electron chi connectivity index (χ1n) is 7.60. The van der Waals surface area contributed by atoms with Crippen molar-refractivity contribution in [2.75, 3.05) is 0 Å². The van der Waals surface area contributed by atoms with E-state index in [4.69, 9.17) is 32.7 Å². The predicted molar refractivity (Wildman–Crippen MR) is 100 cm³/mol. The van der Waals surface area contributed by atoms with E-state index in [1.807, 2.05) is 12.3 Å². The lowest BCUT2D eigenvalue weighted by molar-refractivity contribution is -0.152. The first-order chi connectivity index (χ1) is 12.3. The first-order valence-corrected chi connectivity index (χ1v) is 9.24. The summed E-state index contributed by atoms with van der Waals surface area (Å²) in [6, 6.07) is 6.05. The molecule has 1 atom stereocenters. The van der Waals surface area contributed by atoms with Gasteiger partial charge in [-0.2, -0.15) is 0 Å². The molecule has 0 aliphatic rings. The number of aryl methyl sites for hydroxylation is 1. The number of hydrogen-bond acceptors (Lipinski definition) is 6. The number of ether oxygens (including phenoxy) is 2. The fourth-order valence-corrected chi connectivity index (χ4v) is 3.59. The second-order valence-electron chi connectivity index (χ2n) is 5.52. The summed E-state index contributed by atoms with van der Waals surface area (Å²) in [6.07, 6.45) is -0.887. The molecular formula is C17H14Cl2N2O4S. The average molecular weight is 413 g/mol. The largest absolute Gasteiger partial charge is 0.477 e. The van der Waals surface area contributed by atoms with E-state index in [0.717, 1.165) is 5.69 Å². The number of rotatable bonds is 5. The lowest BCUT2D eigenvalue weighted by Crippen LogP contribution is -2.26. The van der Waals surface area contributed by atoms with Crippen LogP contribution in [-0.2, 0) is 16.1 Å². The standard InChI is InChI=1S/C17H14Cl2N2O4S/c1-9-8-26-17-20-12(6-15(22)21(9)17)7-24-16(23)10(2)25-14-4-3-11(18)5-13(14)19/h3-6,8,10H,7H2,1-2H3/t10-/m1/s1. The summed E-state index contributed by atoms with van der Waals surface area (Å²) in [6.45, 7) is 3.25. The minimum absolute atomic E-state index is 0.121. The number of halogens is 2. The number of esters is 1. The van der Waals surface area contributed by atoms with E-state index in [-0.39, 0.29) is 12.2 Å². The van der Waals surface area contributed by atoms with E-state index in [2.05, 4.69) is 4.98 Å². The highest BCUT2D eigenvalue weighted by atomic mass is 35.5. The lowest BCUT2D eigenvalue weighted by Gasteiger charge is -2.15. The number of hydrogen-bond donors (Lipinski definition) is 0. The predicted octanol–water partition coefficient (Wildman–Crippen LogP) is 3.88. The Hall–Kier alpha value is -2.09. The fraction of sp³-hybridized carbons (Fsp3) is 0.235. The van der Waals surface area contributed by atoms with Crippen molar-refractivity contribution in [2.24, 2.45) is 0 Å². The number of thiazole rings is 1. The Morgan fingerprint density at radius 3 is 2.85 bits per heavy atom. The van der Waals surface area contributed by atoms with Gasteiger partial charge in [-0.1, -0.05) is 23.2 Å². The van der Waals surface area contributed by atoms with Crippen LogP contribution in [0, 0.1) is 6.92 Å². The third-order valence-corrected chi connectivity index (χ3v) is 4.99. The van der Waals surface area contributed by atoms with Gasteiger partial charge in [0.2, 0.25) is 0 Å². The monoisotopic (exact) mass is 412 g/mol.